The number of alkyl halides is 4. The number of aryl methyl sites for hydroxylation is 1. The predicted octanol–water partition coefficient (Wildman–Crippen LogP) is 2.91. The van der Waals surface area contributed by atoms with E-state index in [1.54, 1.807) is 13.0 Å². The number of ether oxygens (including phenoxy) is 1. The average molecular weight is 281 g/mol. The molecule has 0 aliphatic heterocycles. The van der Waals surface area contributed by atoms with Gasteiger partial charge in [0.2, 0.25) is 0 Å². The molecular weight excluding hydrogens is 270 g/mol. The predicted molar refractivity (Wildman–Crippen MR) is 63.5 cm³/mol. The molecule has 0 spiro atoms. The third-order valence-electron chi connectivity index (χ3n) is 2.14. The van der Waals surface area contributed by atoms with E-state index in [4.69, 9.17) is 18.0 Å². The smallest absolute Gasteiger partial charge is 0.340 e. The van der Waals surface area contributed by atoms with Gasteiger partial charge < -0.3 is 10.5 Å². The molecular formula is C11H11F4NOS. The Labute approximate surface area is 107 Å². The van der Waals surface area contributed by atoms with Crippen LogP contribution < -0.4 is 10.5 Å². The minimum Gasteiger partial charge on any atom is -0.486 e. The topological polar surface area (TPSA) is 35.2 Å². The second-order valence-corrected chi connectivity index (χ2v) is 4.15. The number of hydrogen-bond donors (Lipinski definition) is 1. The van der Waals surface area contributed by atoms with E-state index in [2.05, 4.69) is 4.74 Å². The molecule has 100 valence electrons. The Morgan fingerprint density at radius 1 is 1.44 bits per heavy atom. The van der Waals surface area contributed by atoms with Crippen LogP contribution in [0, 0.1) is 6.92 Å². The van der Waals surface area contributed by atoms with Crippen LogP contribution in [0.1, 0.15) is 11.1 Å². The van der Waals surface area contributed by atoms with Crippen LogP contribution in [0.25, 0.3) is 0 Å². The van der Waals surface area contributed by atoms with Crippen molar-refractivity contribution in [1.82, 2.24) is 0 Å². The minimum atomic E-state index is -4.21. The summed E-state index contributed by atoms with van der Waals surface area (Å²) in [6.07, 6.45) is -3.78. The minimum absolute atomic E-state index is 0.0339. The molecule has 0 saturated carbocycles. The zero-order chi connectivity index (χ0) is 13.9. The van der Waals surface area contributed by atoms with Crippen LogP contribution in [0.15, 0.2) is 18.2 Å². The lowest BCUT2D eigenvalue weighted by atomic mass is 10.1. The number of rotatable bonds is 5. The Bertz CT molecular complexity index is 451. The Morgan fingerprint density at radius 2 is 2.06 bits per heavy atom. The van der Waals surface area contributed by atoms with Gasteiger partial charge in [0.25, 0.3) is 0 Å². The van der Waals surface area contributed by atoms with Gasteiger partial charge in [-0.25, -0.2) is 8.78 Å². The molecule has 18 heavy (non-hydrogen) atoms. The van der Waals surface area contributed by atoms with E-state index < -0.39 is 19.0 Å². The quantitative estimate of drug-likeness (QED) is 0.666. The summed E-state index contributed by atoms with van der Waals surface area (Å²) in [6.45, 7) is 0.322. The van der Waals surface area contributed by atoms with Crippen molar-refractivity contribution >= 4 is 17.2 Å². The number of nitrogens with two attached hydrogens (primary N) is 1. The van der Waals surface area contributed by atoms with Crippen molar-refractivity contribution in [2.75, 3.05) is 6.61 Å². The monoisotopic (exact) mass is 281 g/mol. The van der Waals surface area contributed by atoms with Gasteiger partial charge in [0.15, 0.2) is 6.61 Å². The lowest BCUT2D eigenvalue weighted by molar-refractivity contribution is -0.148. The van der Waals surface area contributed by atoms with Crippen molar-refractivity contribution in [2.45, 2.75) is 19.3 Å². The number of thiocarbonyl (C=S) groups is 1. The summed E-state index contributed by atoms with van der Waals surface area (Å²) in [7, 11) is 0. The van der Waals surface area contributed by atoms with Gasteiger partial charge in [-0.05, 0) is 19.1 Å². The molecule has 0 bridgehead atoms. The number of benzene rings is 1. The van der Waals surface area contributed by atoms with E-state index in [1.165, 1.54) is 12.1 Å². The Kier molecular flexibility index (Phi) is 4.50. The molecule has 0 fully saturated rings. The first-order chi connectivity index (χ1) is 8.24. The lowest BCUT2D eigenvalue weighted by Gasteiger charge is -2.17. The van der Waals surface area contributed by atoms with Crippen LogP contribution in [-0.4, -0.2) is 23.9 Å². The Balaban J connectivity index is 2.89. The van der Waals surface area contributed by atoms with Crippen LogP contribution in [0.2, 0.25) is 0 Å². The van der Waals surface area contributed by atoms with Crippen LogP contribution in [0.4, 0.5) is 17.6 Å². The van der Waals surface area contributed by atoms with Gasteiger partial charge in [0.1, 0.15) is 10.7 Å². The van der Waals surface area contributed by atoms with Gasteiger partial charge in [-0.1, -0.05) is 23.8 Å². The zero-order valence-electron chi connectivity index (χ0n) is 9.42. The number of hydrogen-bond acceptors (Lipinski definition) is 2. The lowest BCUT2D eigenvalue weighted by Crippen LogP contribution is -2.34. The van der Waals surface area contributed by atoms with E-state index in [-0.39, 0.29) is 16.3 Å². The zero-order valence-corrected chi connectivity index (χ0v) is 10.2. The van der Waals surface area contributed by atoms with Gasteiger partial charge in [0, 0.05) is 0 Å². The maximum atomic E-state index is 12.7. The summed E-state index contributed by atoms with van der Waals surface area (Å²) in [5.41, 5.74) is 6.44. The van der Waals surface area contributed by atoms with Crippen LogP contribution in [-0.2, 0) is 0 Å². The Hall–Kier alpha value is -1.37. The molecule has 0 unspecified atom stereocenters. The van der Waals surface area contributed by atoms with E-state index in [0.717, 1.165) is 5.56 Å². The summed E-state index contributed by atoms with van der Waals surface area (Å²) in [5.74, 6) is -4.24. The highest BCUT2D eigenvalue weighted by Gasteiger charge is 2.41. The molecule has 2 N–H and O–H groups in total. The molecule has 0 radical (unpaired) electrons. The van der Waals surface area contributed by atoms with Crippen molar-refractivity contribution in [2.24, 2.45) is 5.73 Å². The maximum Gasteiger partial charge on any atom is 0.340 e. The van der Waals surface area contributed by atoms with Crippen LogP contribution >= 0.6 is 12.2 Å². The second kappa shape index (κ2) is 5.51. The second-order valence-electron chi connectivity index (χ2n) is 3.71. The van der Waals surface area contributed by atoms with E-state index in [1.807, 2.05) is 0 Å². The molecule has 7 heteroatoms. The molecule has 1 aromatic rings. The SMILES string of the molecule is Cc1ccc(OCC(F)(F)C(F)F)c(C(N)=S)c1. The molecule has 1 aromatic carbocycles. The summed E-state index contributed by atoms with van der Waals surface area (Å²) in [4.78, 5) is -0.0472. The fourth-order valence-electron chi connectivity index (χ4n) is 1.20. The first kappa shape index (κ1) is 14.7. The highest BCUT2D eigenvalue weighted by Crippen LogP contribution is 2.26. The largest absolute Gasteiger partial charge is 0.486 e. The molecule has 0 aliphatic rings. The molecule has 2 nitrogen and oxygen atoms in total. The fraction of sp³-hybridized carbons (Fsp3) is 0.364. The normalized spacial score (nSPS) is 11.7. The third kappa shape index (κ3) is 3.56. The molecule has 0 aliphatic carbocycles. The molecule has 0 atom stereocenters. The summed E-state index contributed by atoms with van der Waals surface area (Å²) in [5, 5.41) is 0. The third-order valence-corrected chi connectivity index (χ3v) is 2.36. The first-order valence-electron chi connectivity index (χ1n) is 4.93. The van der Waals surface area contributed by atoms with Crippen LogP contribution in [0.5, 0.6) is 5.75 Å². The highest BCUT2D eigenvalue weighted by molar-refractivity contribution is 7.80. The maximum absolute atomic E-state index is 12.7. The van der Waals surface area contributed by atoms with Crippen molar-refractivity contribution in [1.29, 1.82) is 0 Å². The molecule has 0 amide bonds. The van der Waals surface area contributed by atoms with Gasteiger partial charge in [-0.15, -0.1) is 0 Å². The van der Waals surface area contributed by atoms with Crippen molar-refractivity contribution in [3.63, 3.8) is 0 Å². The van der Waals surface area contributed by atoms with Gasteiger partial charge in [-0.2, -0.15) is 8.78 Å². The first-order valence-corrected chi connectivity index (χ1v) is 5.34. The fourth-order valence-corrected chi connectivity index (χ4v) is 1.36. The van der Waals surface area contributed by atoms with Gasteiger partial charge in [0.05, 0.1) is 5.56 Å². The number of halogens is 4. The van der Waals surface area contributed by atoms with Crippen molar-refractivity contribution in [3.05, 3.63) is 29.3 Å². The summed E-state index contributed by atoms with van der Waals surface area (Å²) < 4.78 is 54.0. The van der Waals surface area contributed by atoms with E-state index in [9.17, 15) is 17.6 Å². The molecule has 0 saturated heterocycles. The van der Waals surface area contributed by atoms with Crippen molar-refractivity contribution in [3.8, 4) is 5.75 Å². The standard InChI is InChI=1S/C11H11F4NOS/c1-6-2-3-8(7(4-6)9(16)18)17-5-11(14,15)10(12)13/h2-4,10H,5H2,1H3,(H2,16,18). The summed E-state index contributed by atoms with van der Waals surface area (Å²) >= 11 is 4.73. The van der Waals surface area contributed by atoms with Gasteiger partial charge in [-0.3, -0.25) is 0 Å². The van der Waals surface area contributed by atoms with Crippen molar-refractivity contribution < 1.29 is 22.3 Å². The van der Waals surface area contributed by atoms with Gasteiger partial charge >= 0.3 is 12.3 Å². The van der Waals surface area contributed by atoms with E-state index in [0.29, 0.717) is 0 Å². The van der Waals surface area contributed by atoms with E-state index >= 15 is 0 Å². The van der Waals surface area contributed by atoms with Crippen LogP contribution in [0.3, 0.4) is 0 Å². The summed E-state index contributed by atoms with van der Waals surface area (Å²) in [6, 6.07) is 4.49. The molecule has 0 heterocycles. The molecule has 0 aromatic heterocycles. The highest BCUT2D eigenvalue weighted by atomic mass is 32.1. The average Bonchev–Trinajstić information content (AvgIpc) is 2.27. The molecule has 1 rings (SSSR count). The Morgan fingerprint density at radius 3 is 2.56 bits per heavy atom.